The molecule has 1 aliphatic heterocycles. The molecule has 1 aromatic rings. The lowest BCUT2D eigenvalue weighted by molar-refractivity contribution is -0.133. The Morgan fingerprint density at radius 2 is 2.19 bits per heavy atom. The van der Waals surface area contributed by atoms with E-state index in [1.807, 2.05) is 6.92 Å². The van der Waals surface area contributed by atoms with Crippen LogP contribution in [0, 0.1) is 0 Å². The maximum absolute atomic E-state index is 12.3. The fourth-order valence-corrected chi connectivity index (χ4v) is 2.34. The highest BCUT2D eigenvalue weighted by molar-refractivity contribution is 5.85. The maximum Gasteiger partial charge on any atom is 0.387 e. The summed E-state index contributed by atoms with van der Waals surface area (Å²) in [5, 5.41) is 3.20. The molecule has 1 fully saturated rings. The number of nitrogens with one attached hydrogen (secondary N) is 1. The first kappa shape index (κ1) is 17.7. The SMILES string of the molecule is C[C@H]1CNCCN1C(=O)Cc1ccccc1OC(F)F.Cl. The van der Waals surface area contributed by atoms with Crippen LogP contribution in [0.5, 0.6) is 5.75 Å². The monoisotopic (exact) mass is 320 g/mol. The molecule has 2 rings (SSSR count). The molecule has 0 aliphatic carbocycles. The van der Waals surface area contributed by atoms with Crippen LogP contribution in [0.1, 0.15) is 12.5 Å². The molecule has 1 atom stereocenters. The van der Waals surface area contributed by atoms with E-state index in [0.29, 0.717) is 12.1 Å². The normalized spacial score (nSPS) is 18.3. The quantitative estimate of drug-likeness (QED) is 0.923. The van der Waals surface area contributed by atoms with Gasteiger partial charge in [-0.1, -0.05) is 18.2 Å². The molecule has 7 heteroatoms. The summed E-state index contributed by atoms with van der Waals surface area (Å²) in [7, 11) is 0. The number of carbonyl (C=O) groups is 1. The van der Waals surface area contributed by atoms with E-state index in [9.17, 15) is 13.6 Å². The smallest absolute Gasteiger partial charge is 0.387 e. The van der Waals surface area contributed by atoms with Crippen LogP contribution < -0.4 is 10.1 Å². The van der Waals surface area contributed by atoms with Crippen molar-refractivity contribution in [2.75, 3.05) is 19.6 Å². The van der Waals surface area contributed by atoms with Gasteiger partial charge < -0.3 is 15.0 Å². The van der Waals surface area contributed by atoms with Gasteiger partial charge in [-0.3, -0.25) is 4.79 Å². The van der Waals surface area contributed by atoms with Gasteiger partial charge in [0.15, 0.2) is 0 Å². The average Bonchev–Trinajstić information content (AvgIpc) is 2.41. The minimum Gasteiger partial charge on any atom is -0.435 e. The highest BCUT2D eigenvalue weighted by atomic mass is 35.5. The molecule has 4 nitrogen and oxygen atoms in total. The Morgan fingerprint density at radius 3 is 2.86 bits per heavy atom. The summed E-state index contributed by atoms with van der Waals surface area (Å²) in [5.41, 5.74) is 0.489. The lowest BCUT2D eigenvalue weighted by atomic mass is 10.1. The number of halogens is 3. The van der Waals surface area contributed by atoms with E-state index in [4.69, 9.17) is 0 Å². The van der Waals surface area contributed by atoms with Crippen molar-refractivity contribution in [3.63, 3.8) is 0 Å². The van der Waals surface area contributed by atoms with Crippen molar-refractivity contribution in [3.8, 4) is 5.75 Å². The molecule has 0 bridgehead atoms. The lowest BCUT2D eigenvalue weighted by Crippen LogP contribution is -2.52. The zero-order valence-electron chi connectivity index (χ0n) is 11.7. The summed E-state index contributed by atoms with van der Waals surface area (Å²) >= 11 is 0. The van der Waals surface area contributed by atoms with Crippen molar-refractivity contribution in [2.45, 2.75) is 26.0 Å². The summed E-state index contributed by atoms with van der Waals surface area (Å²) < 4.78 is 29.1. The van der Waals surface area contributed by atoms with E-state index >= 15 is 0 Å². The van der Waals surface area contributed by atoms with E-state index in [2.05, 4.69) is 10.1 Å². The Hall–Kier alpha value is -1.40. The Balaban J connectivity index is 0.00000220. The number of alkyl halides is 2. The van der Waals surface area contributed by atoms with Crippen molar-refractivity contribution >= 4 is 18.3 Å². The zero-order valence-corrected chi connectivity index (χ0v) is 12.5. The number of ether oxygens (including phenoxy) is 1. The van der Waals surface area contributed by atoms with Gasteiger partial charge in [-0.05, 0) is 13.0 Å². The number of benzene rings is 1. The largest absolute Gasteiger partial charge is 0.435 e. The fraction of sp³-hybridized carbons (Fsp3) is 0.500. The number of nitrogens with zero attached hydrogens (tertiary/aromatic N) is 1. The molecule has 0 spiro atoms. The van der Waals surface area contributed by atoms with Gasteiger partial charge in [-0.25, -0.2) is 0 Å². The third kappa shape index (κ3) is 4.82. The molecular weight excluding hydrogens is 302 g/mol. The standard InChI is InChI=1S/C14H18F2N2O2.ClH/c1-10-9-17-6-7-18(10)13(19)8-11-4-2-3-5-12(11)20-14(15)16;/h2-5,10,14,17H,6-9H2,1H3;1H/t10-;/m0./s1. The van der Waals surface area contributed by atoms with Crippen LogP contribution >= 0.6 is 12.4 Å². The Morgan fingerprint density at radius 1 is 1.48 bits per heavy atom. The van der Waals surface area contributed by atoms with Crippen LogP contribution in [0.2, 0.25) is 0 Å². The van der Waals surface area contributed by atoms with Gasteiger partial charge in [-0.2, -0.15) is 8.78 Å². The molecule has 1 aliphatic rings. The van der Waals surface area contributed by atoms with Crippen molar-refractivity contribution in [1.29, 1.82) is 0 Å². The molecular formula is C14H19ClF2N2O2. The van der Waals surface area contributed by atoms with Gasteiger partial charge >= 0.3 is 6.61 Å². The van der Waals surface area contributed by atoms with Gasteiger partial charge in [0.05, 0.1) is 6.42 Å². The maximum atomic E-state index is 12.3. The Labute approximate surface area is 128 Å². The highest BCUT2D eigenvalue weighted by Crippen LogP contribution is 2.21. The molecule has 1 heterocycles. The Bertz CT molecular complexity index is 474. The van der Waals surface area contributed by atoms with Gasteiger partial charge in [0.25, 0.3) is 0 Å². The third-order valence-electron chi connectivity index (χ3n) is 3.35. The van der Waals surface area contributed by atoms with Crippen LogP contribution in [0.3, 0.4) is 0 Å². The number of piperazine rings is 1. The second kappa shape index (κ2) is 8.14. The minimum absolute atomic E-state index is 0. The van der Waals surface area contributed by atoms with Crippen LogP contribution in [-0.4, -0.2) is 43.1 Å². The van der Waals surface area contributed by atoms with E-state index in [1.54, 1.807) is 23.1 Å². The number of hydrogen-bond acceptors (Lipinski definition) is 3. The molecule has 118 valence electrons. The van der Waals surface area contributed by atoms with E-state index in [1.165, 1.54) is 6.07 Å². The summed E-state index contributed by atoms with van der Waals surface area (Å²) in [5.74, 6) is 0.00274. The van der Waals surface area contributed by atoms with Crippen LogP contribution in [0.15, 0.2) is 24.3 Å². The van der Waals surface area contributed by atoms with Crippen LogP contribution in [-0.2, 0) is 11.2 Å². The second-order valence-electron chi connectivity index (χ2n) is 4.80. The van der Waals surface area contributed by atoms with Gasteiger partial charge in [-0.15, -0.1) is 12.4 Å². The van der Waals surface area contributed by atoms with Gasteiger partial charge in [0.1, 0.15) is 5.75 Å². The van der Waals surface area contributed by atoms with Crippen molar-refractivity contribution in [2.24, 2.45) is 0 Å². The third-order valence-corrected chi connectivity index (χ3v) is 3.35. The second-order valence-corrected chi connectivity index (χ2v) is 4.80. The number of hydrogen-bond donors (Lipinski definition) is 1. The molecule has 0 unspecified atom stereocenters. The number of carbonyl (C=O) groups excluding carboxylic acids is 1. The summed E-state index contributed by atoms with van der Waals surface area (Å²) in [6, 6.07) is 6.53. The number of para-hydroxylation sites is 1. The number of amides is 1. The van der Waals surface area contributed by atoms with Gasteiger partial charge in [0.2, 0.25) is 5.91 Å². The molecule has 0 radical (unpaired) electrons. The molecule has 1 aromatic carbocycles. The number of rotatable bonds is 4. The fourth-order valence-electron chi connectivity index (χ4n) is 2.34. The van der Waals surface area contributed by atoms with E-state index in [-0.39, 0.29) is 36.5 Å². The molecule has 1 saturated heterocycles. The van der Waals surface area contributed by atoms with Crippen LogP contribution in [0.25, 0.3) is 0 Å². The zero-order chi connectivity index (χ0) is 14.5. The first-order chi connectivity index (χ1) is 9.58. The first-order valence-corrected chi connectivity index (χ1v) is 6.61. The molecule has 21 heavy (non-hydrogen) atoms. The predicted octanol–water partition coefficient (Wildman–Crippen LogP) is 2.07. The highest BCUT2D eigenvalue weighted by Gasteiger charge is 2.24. The summed E-state index contributed by atoms with van der Waals surface area (Å²) in [4.78, 5) is 14.0. The van der Waals surface area contributed by atoms with Gasteiger partial charge in [0, 0.05) is 31.2 Å². The molecule has 0 saturated carbocycles. The van der Waals surface area contributed by atoms with E-state index < -0.39 is 6.61 Å². The average molecular weight is 321 g/mol. The lowest BCUT2D eigenvalue weighted by Gasteiger charge is -2.34. The van der Waals surface area contributed by atoms with Crippen molar-refractivity contribution < 1.29 is 18.3 Å². The van der Waals surface area contributed by atoms with Crippen LogP contribution in [0.4, 0.5) is 8.78 Å². The predicted molar refractivity (Wildman–Crippen MR) is 78.1 cm³/mol. The topological polar surface area (TPSA) is 41.6 Å². The van der Waals surface area contributed by atoms with Crippen molar-refractivity contribution in [1.82, 2.24) is 10.2 Å². The Kier molecular flexibility index (Phi) is 6.84. The molecule has 1 N–H and O–H groups in total. The van der Waals surface area contributed by atoms with Crippen molar-refractivity contribution in [3.05, 3.63) is 29.8 Å². The minimum atomic E-state index is -2.88. The summed E-state index contributed by atoms with van der Waals surface area (Å²) in [6.07, 6.45) is 0.0766. The first-order valence-electron chi connectivity index (χ1n) is 6.61. The molecule has 0 aromatic heterocycles. The molecule has 1 amide bonds. The summed E-state index contributed by atoms with van der Waals surface area (Å²) in [6.45, 7) is 1.22. The van der Waals surface area contributed by atoms with E-state index in [0.717, 1.165) is 13.1 Å².